The molecular weight excluding hydrogens is 248 g/mol. The zero-order chi connectivity index (χ0) is 12.6. The molecule has 90 valence electrons. The highest BCUT2D eigenvalue weighted by atomic mass is 35.5. The Hall–Kier alpha value is -1.49. The minimum absolute atomic E-state index is 0.00216. The number of hydrogen-bond acceptors (Lipinski definition) is 2. The van der Waals surface area contributed by atoms with Crippen LogP contribution in [0.5, 0.6) is 0 Å². The van der Waals surface area contributed by atoms with E-state index in [0.717, 1.165) is 18.2 Å². The van der Waals surface area contributed by atoms with Crippen LogP contribution in [0.15, 0.2) is 18.2 Å². The molecule has 0 aliphatic heterocycles. The number of hydrogen-bond donors (Lipinski definition) is 0. The summed E-state index contributed by atoms with van der Waals surface area (Å²) in [6.45, 7) is 3.74. The SMILES string of the molecule is CC(C)c1nnc(Cl)n1-c1cc(F)ccc1F. The molecule has 0 radical (unpaired) electrons. The van der Waals surface area contributed by atoms with Gasteiger partial charge in [-0.1, -0.05) is 13.8 Å². The van der Waals surface area contributed by atoms with Gasteiger partial charge in [0.2, 0.25) is 5.28 Å². The summed E-state index contributed by atoms with van der Waals surface area (Å²) in [6, 6.07) is 3.16. The van der Waals surface area contributed by atoms with Crippen LogP contribution in [0.1, 0.15) is 25.6 Å². The summed E-state index contributed by atoms with van der Waals surface area (Å²) < 4.78 is 28.1. The van der Waals surface area contributed by atoms with Gasteiger partial charge in [-0.05, 0) is 23.7 Å². The molecular formula is C11H10ClF2N3. The summed E-state index contributed by atoms with van der Waals surface area (Å²) in [6.07, 6.45) is 0. The fraction of sp³-hybridized carbons (Fsp3) is 0.273. The number of benzene rings is 1. The molecule has 3 nitrogen and oxygen atoms in total. The first-order valence-corrected chi connectivity index (χ1v) is 5.44. The summed E-state index contributed by atoms with van der Waals surface area (Å²) in [5, 5.41) is 7.54. The Balaban J connectivity index is 2.67. The van der Waals surface area contributed by atoms with Crippen molar-refractivity contribution in [2.24, 2.45) is 0 Å². The summed E-state index contributed by atoms with van der Waals surface area (Å²) in [4.78, 5) is 0. The van der Waals surface area contributed by atoms with Gasteiger partial charge in [-0.3, -0.25) is 4.57 Å². The highest BCUT2D eigenvalue weighted by Crippen LogP contribution is 2.24. The second-order valence-electron chi connectivity index (χ2n) is 3.91. The predicted octanol–water partition coefficient (Wildman–Crippen LogP) is 3.32. The molecule has 1 aromatic carbocycles. The molecule has 2 rings (SSSR count). The molecule has 0 aliphatic carbocycles. The Morgan fingerprint density at radius 1 is 1.24 bits per heavy atom. The van der Waals surface area contributed by atoms with E-state index in [1.54, 1.807) is 0 Å². The number of aromatic nitrogens is 3. The maximum absolute atomic E-state index is 13.7. The molecule has 0 bridgehead atoms. The molecule has 6 heteroatoms. The first kappa shape index (κ1) is 12.0. The Morgan fingerprint density at radius 2 is 1.94 bits per heavy atom. The first-order valence-electron chi connectivity index (χ1n) is 5.07. The zero-order valence-corrected chi connectivity index (χ0v) is 10.0. The fourth-order valence-corrected chi connectivity index (χ4v) is 1.75. The lowest BCUT2D eigenvalue weighted by molar-refractivity contribution is 0.588. The Kier molecular flexibility index (Phi) is 3.11. The molecule has 2 aromatic rings. The molecule has 0 amide bonds. The first-order chi connectivity index (χ1) is 8.00. The quantitative estimate of drug-likeness (QED) is 0.826. The van der Waals surface area contributed by atoms with Gasteiger partial charge >= 0.3 is 0 Å². The molecule has 0 saturated carbocycles. The van der Waals surface area contributed by atoms with E-state index in [9.17, 15) is 8.78 Å². The summed E-state index contributed by atoms with van der Waals surface area (Å²) in [7, 11) is 0. The second kappa shape index (κ2) is 4.41. The average molecular weight is 258 g/mol. The summed E-state index contributed by atoms with van der Waals surface area (Å²) >= 11 is 5.85. The van der Waals surface area contributed by atoms with E-state index in [4.69, 9.17) is 11.6 Å². The molecule has 0 fully saturated rings. The largest absolute Gasteiger partial charge is 0.266 e. The van der Waals surface area contributed by atoms with Gasteiger partial charge < -0.3 is 0 Å². The van der Waals surface area contributed by atoms with Crippen LogP contribution in [-0.2, 0) is 0 Å². The number of rotatable bonds is 2. The number of halogens is 3. The normalized spacial score (nSPS) is 11.2. The van der Waals surface area contributed by atoms with Crippen molar-refractivity contribution in [3.8, 4) is 5.69 Å². The molecule has 0 N–H and O–H groups in total. The van der Waals surface area contributed by atoms with Gasteiger partial charge in [-0.2, -0.15) is 0 Å². The van der Waals surface area contributed by atoms with Crippen molar-refractivity contribution in [2.75, 3.05) is 0 Å². The van der Waals surface area contributed by atoms with E-state index < -0.39 is 11.6 Å². The Labute approximate surface area is 102 Å². The third-order valence-corrected chi connectivity index (χ3v) is 2.56. The minimum Gasteiger partial charge on any atom is -0.266 e. The van der Waals surface area contributed by atoms with Crippen molar-refractivity contribution >= 4 is 11.6 Å². The van der Waals surface area contributed by atoms with Gasteiger partial charge in [0.05, 0.1) is 5.69 Å². The van der Waals surface area contributed by atoms with E-state index in [1.807, 2.05) is 13.8 Å². The molecule has 0 saturated heterocycles. The van der Waals surface area contributed by atoms with Crippen molar-refractivity contribution in [1.82, 2.24) is 14.8 Å². The van der Waals surface area contributed by atoms with E-state index >= 15 is 0 Å². The van der Waals surface area contributed by atoms with Crippen molar-refractivity contribution in [1.29, 1.82) is 0 Å². The van der Waals surface area contributed by atoms with E-state index in [-0.39, 0.29) is 16.9 Å². The van der Waals surface area contributed by atoms with Crippen LogP contribution < -0.4 is 0 Å². The fourth-order valence-electron chi connectivity index (χ4n) is 1.53. The van der Waals surface area contributed by atoms with Gasteiger partial charge in [0.25, 0.3) is 0 Å². The van der Waals surface area contributed by atoms with Gasteiger partial charge in [-0.15, -0.1) is 10.2 Å². The highest BCUT2D eigenvalue weighted by molar-refractivity contribution is 6.28. The van der Waals surface area contributed by atoms with Gasteiger partial charge in [-0.25, -0.2) is 8.78 Å². The van der Waals surface area contributed by atoms with Crippen molar-refractivity contribution in [2.45, 2.75) is 19.8 Å². The minimum atomic E-state index is -0.574. The monoisotopic (exact) mass is 257 g/mol. The third-order valence-electron chi connectivity index (χ3n) is 2.31. The van der Waals surface area contributed by atoms with Gasteiger partial charge in [0.1, 0.15) is 17.5 Å². The summed E-state index contributed by atoms with van der Waals surface area (Å²) in [5.74, 6) is -0.631. The van der Waals surface area contributed by atoms with E-state index in [1.165, 1.54) is 4.57 Å². The Bertz CT molecular complexity index is 552. The summed E-state index contributed by atoms with van der Waals surface area (Å²) in [5.41, 5.74) is 0.0173. The van der Waals surface area contributed by atoms with Crippen LogP contribution in [-0.4, -0.2) is 14.8 Å². The molecule has 1 aromatic heterocycles. The van der Waals surface area contributed by atoms with Crippen LogP contribution in [0.25, 0.3) is 5.69 Å². The zero-order valence-electron chi connectivity index (χ0n) is 9.28. The highest BCUT2D eigenvalue weighted by Gasteiger charge is 2.18. The van der Waals surface area contributed by atoms with E-state index in [0.29, 0.717) is 5.82 Å². The molecule has 0 unspecified atom stereocenters. The van der Waals surface area contributed by atoms with Gasteiger partial charge in [0.15, 0.2) is 0 Å². The van der Waals surface area contributed by atoms with Gasteiger partial charge in [0, 0.05) is 12.0 Å². The van der Waals surface area contributed by atoms with E-state index in [2.05, 4.69) is 10.2 Å². The third kappa shape index (κ3) is 2.15. The van der Waals surface area contributed by atoms with Crippen LogP contribution in [0.2, 0.25) is 5.28 Å². The lowest BCUT2D eigenvalue weighted by Gasteiger charge is -2.10. The van der Waals surface area contributed by atoms with Crippen LogP contribution in [0, 0.1) is 11.6 Å². The molecule has 0 spiro atoms. The van der Waals surface area contributed by atoms with Crippen LogP contribution in [0.4, 0.5) is 8.78 Å². The molecule has 0 aliphatic rings. The smallest absolute Gasteiger partial charge is 0.229 e. The maximum Gasteiger partial charge on any atom is 0.229 e. The number of nitrogens with zero attached hydrogens (tertiary/aromatic N) is 3. The maximum atomic E-state index is 13.7. The predicted molar refractivity (Wildman–Crippen MR) is 60.4 cm³/mol. The van der Waals surface area contributed by atoms with Crippen molar-refractivity contribution in [3.63, 3.8) is 0 Å². The standard InChI is InChI=1S/C11H10ClF2N3/c1-6(2)10-15-16-11(12)17(10)9-5-7(13)3-4-8(9)14/h3-6H,1-2H3. The lowest BCUT2D eigenvalue weighted by atomic mass is 10.2. The van der Waals surface area contributed by atoms with Crippen molar-refractivity contribution < 1.29 is 8.78 Å². The van der Waals surface area contributed by atoms with Crippen LogP contribution >= 0.6 is 11.6 Å². The average Bonchev–Trinajstić information content (AvgIpc) is 2.64. The lowest BCUT2D eigenvalue weighted by Crippen LogP contribution is -2.05. The van der Waals surface area contributed by atoms with Crippen molar-refractivity contribution in [3.05, 3.63) is 40.9 Å². The van der Waals surface area contributed by atoms with Crippen LogP contribution in [0.3, 0.4) is 0 Å². The molecule has 17 heavy (non-hydrogen) atoms. The molecule has 1 heterocycles. The topological polar surface area (TPSA) is 30.7 Å². The Morgan fingerprint density at radius 3 is 2.59 bits per heavy atom. The molecule has 0 atom stereocenters. The second-order valence-corrected chi connectivity index (χ2v) is 4.25.